The van der Waals surface area contributed by atoms with Gasteiger partial charge in [0.25, 0.3) is 0 Å². The van der Waals surface area contributed by atoms with Gasteiger partial charge in [-0.1, -0.05) is 60.3 Å². The average molecular weight is 429 g/mol. The molecule has 0 saturated carbocycles. The Balaban J connectivity index is 1.55. The molecule has 1 aromatic heterocycles. The van der Waals surface area contributed by atoms with Crippen molar-refractivity contribution in [2.75, 3.05) is 12.8 Å². The monoisotopic (exact) mass is 428 g/mol. The number of thioether (sulfide) groups is 1. The highest BCUT2D eigenvalue weighted by Crippen LogP contribution is 2.28. The summed E-state index contributed by atoms with van der Waals surface area (Å²) < 4.78 is 11.0. The van der Waals surface area contributed by atoms with Crippen LogP contribution in [0.4, 0.5) is 5.82 Å². The molecule has 0 unspecified atom stereocenters. The molecule has 7 heteroatoms. The Hall–Kier alpha value is -3.76. The molecule has 1 heterocycles. The van der Waals surface area contributed by atoms with Crippen molar-refractivity contribution in [3.05, 3.63) is 83.6 Å². The van der Waals surface area contributed by atoms with Gasteiger partial charge >= 0.3 is 0 Å². The molecule has 0 spiro atoms. The fourth-order valence-electron chi connectivity index (χ4n) is 3.20. The van der Waals surface area contributed by atoms with Gasteiger partial charge in [-0.2, -0.15) is 5.26 Å². The van der Waals surface area contributed by atoms with Crippen LogP contribution in [0.15, 0.2) is 71.9 Å². The van der Waals surface area contributed by atoms with E-state index in [0.717, 1.165) is 0 Å². The number of anilines is 1. The van der Waals surface area contributed by atoms with Crippen molar-refractivity contribution >= 4 is 28.4 Å². The van der Waals surface area contributed by atoms with Gasteiger partial charge in [0, 0.05) is 11.8 Å². The molecule has 0 bridgehead atoms. The Kier molecular flexibility index (Phi) is 6.20. The highest BCUT2D eigenvalue weighted by Gasteiger charge is 2.14. The Morgan fingerprint density at radius 1 is 1.00 bits per heavy atom. The van der Waals surface area contributed by atoms with Crippen molar-refractivity contribution in [3.63, 3.8) is 0 Å². The molecular formula is C24H20N4O2S. The second kappa shape index (κ2) is 9.37. The summed E-state index contributed by atoms with van der Waals surface area (Å²) in [6, 6.07) is 23.8. The molecule has 6 nitrogen and oxygen atoms in total. The lowest BCUT2D eigenvalue weighted by atomic mass is 10.1. The molecule has 0 radical (unpaired) electrons. The summed E-state index contributed by atoms with van der Waals surface area (Å²) in [7, 11) is 1.59. The van der Waals surface area contributed by atoms with Gasteiger partial charge in [-0.25, -0.2) is 9.97 Å². The molecule has 3 aromatic carbocycles. The first kappa shape index (κ1) is 20.5. The smallest absolute Gasteiger partial charge is 0.190 e. The van der Waals surface area contributed by atoms with Crippen molar-refractivity contribution in [2.45, 2.75) is 17.5 Å². The molecule has 0 aliphatic rings. The van der Waals surface area contributed by atoms with E-state index in [0.29, 0.717) is 28.1 Å². The van der Waals surface area contributed by atoms with E-state index >= 15 is 0 Å². The number of nitriles is 1. The Labute approximate surface area is 184 Å². The minimum atomic E-state index is 0.102. The number of ether oxygens (including phenoxy) is 2. The van der Waals surface area contributed by atoms with E-state index in [1.54, 1.807) is 13.2 Å². The zero-order chi connectivity index (χ0) is 21.6. The molecule has 0 amide bonds. The summed E-state index contributed by atoms with van der Waals surface area (Å²) in [5.41, 5.74) is 7.92. The summed E-state index contributed by atoms with van der Waals surface area (Å²) in [6.45, 7) is 0.102. The van der Waals surface area contributed by atoms with E-state index in [4.69, 9.17) is 15.2 Å². The van der Waals surface area contributed by atoms with Crippen molar-refractivity contribution < 1.29 is 9.47 Å². The van der Waals surface area contributed by atoms with Gasteiger partial charge in [0.2, 0.25) is 0 Å². The van der Waals surface area contributed by atoms with Crippen LogP contribution >= 0.6 is 11.8 Å². The summed E-state index contributed by atoms with van der Waals surface area (Å²) in [5, 5.41) is 12.4. The van der Waals surface area contributed by atoms with E-state index < -0.39 is 0 Å². The summed E-state index contributed by atoms with van der Waals surface area (Å²) in [4.78, 5) is 8.86. The number of hydrogen-bond donors (Lipinski definition) is 1. The molecule has 0 aliphatic heterocycles. The number of fused-ring (bicyclic) bond motifs is 1. The lowest BCUT2D eigenvalue weighted by molar-refractivity contribution is 0.297. The van der Waals surface area contributed by atoms with Gasteiger partial charge in [0.15, 0.2) is 5.16 Å². The van der Waals surface area contributed by atoms with Crippen LogP contribution in [0.2, 0.25) is 0 Å². The van der Waals surface area contributed by atoms with Crippen molar-refractivity contribution in [2.24, 2.45) is 0 Å². The van der Waals surface area contributed by atoms with Gasteiger partial charge in [-0.05, 0) is 28.5 Å². The predicted octanol–water partition coefficient (Wildman–Crippen LogP) is 4.96. The largest absolute Gasteiger partial charge is 0.497 e. The molecule has 31 heavy (non-hydrogen) atoms. The van der Waals surface area contributed by atoms with E-state index in [1.807, 2.05) is 36.4 Å². The number of rotatable bonds is 7. The zero-order valence-corrected chi connectivity index (χ0v) is 17.7. The quantitative estimate of drug-likeness (QED) is 0.328. The van der Waals surface area contributed by atoms with Crippen LogP contribution in [0.5, 0.6) is 11.5 Å². The highest BCUT2D eigenvalue weighted by molar-refractivity contribution is 7.98. The third kappa shape index (κ3) is 4.71. The number of hydrogen-bond acceptors (Lipinski definition) is 7. The SMILES string of the molecule is COc1cccc(OCc2nc(SCc3cccc4ccccc34)nc(N)c2C#N)c1. The molecule has 2 N–H and O–H groups in total. The van der Waals surface area contributed by atoms with E-state index in [2.05, 4.69) is 40.3 Å². The van der Waals surface area contributed by atoms with Crippen LogP contribution in [-0.4, -0.2) is 17.1 Å². The number of aromatic nitrogens is 2. The summed E-state index contributed by atoms with van der Waals surface area (Å²) in [6.07, 6.45) is 0. The van der Waals surface area contributed by atoms with Crippen molar-refractivity contribution in [1.29, 1.82) is 5.26 Å². The topological polar surface area (TPSA) is 94.1 Å². The maximum Gasteiger partial charge on any atom is 0.190 e. The normalized spacial score (nSPS) is 10.6. The lowest BCUT2D eigenvalue weighted by Gasteiger charge is -2.11. The number of methoxy groups -OCH3 is 1. The van der Waals surface area contributed by atoms with Crippen molar-refractivity contribution in [3.8, 4) is 17.6 Å². The molecule has 0 aliphatic carbocycles. The van der Waals surface area contributed by atoms with Crippen molar-refractivity contribution in [1.82, 2.24) is 9.97 Å². The predicted molar refractivity (Wildman–Crippen MR) is 122 cm³/mol. The third-order valence-corrected chi connectivity index (χ3v) is 5.65. The van der Waals surface area contributed by atoms with Gasteiger partial charge < -0.3 is 15.2 Å². The van der Waals surface area contributed by atoms with Gasteiger partial charge in [-0.15, -0.1) is 0 Å². The molecule has 154 valence electrons. The summed E-state index contributed by atoms with van der Waals surface area (Å²) >= 11 is 1.48. The van der Waals surface area contributed by atoms with Crippen LogP contribution in [0.1, 0.15) is 16.8 Å². The summed E-state index contributed by atoms with van der Waals surface area (Å²) in [5.74, 6) is 2.14. The van der Waals surface area contributed by atoms with Crippen LogP contribution < -0.4 is 15.2 Å². The molecule has 0 saturated heterocycles. The molecule has 4 rings (SSSR count). The fourth-order valence-corrected chi connectivity index (χ4v) is 4.07. The fraction of sp³-hybridized carbons (Fsp3) is 0.125. The van der Waals surface area contributed by atoms with Gasteiger partial charge in [0.05, 0.1) is 7.11 Å². The lowest BCUT2D eigenvalue weighted by Crippen LogP contribution is -2.08. The maximum absolute atomic E-state index is 9.50. The number of nitrogens with two attached hydrogens (primary N) is 1. The standard InChI is InChI=1S/C24H20N4O2S/c1-29-18-9-5-10-19(12-18)30-14-22-21(13-25)23(26)28-24(27-22)31-15-17-8-4-7-16-6-2-3-11-20(16)17/h2-12H,14-15H2,1H3,(H2,26,27,28). The Bertz CT molecular complexity index is 1260. The van der Waals surface area contributed by atoms with Gasteiger partial charge in [0.1, 0.15) is 41.3 Å². The van der Waals surface area contributed by atoms with Crippen LogP contribution in [0.3, 0.4) is 0 Å². The Morgan fingerprint density at radius 3 is 2.61 bits per heavy atom. The maximum atomic E-state index is 9.50. The highest BCUT2D eigenvalue weighted by atomic mass is 32.2. The average Bonchev–Trinajstić information content (AvgIpc) is 2.81. The van der Waals surface area contributed by atoms with Crippen LogP contribution in [0, 0.1) is 11.3 Å². The van der Waals surface area contributed by atoms with E-state index in [9.17, 15) is 5.26 Å². The number of nitrogens with zero attached hydrogens (tertiary/aromatic N) is 3. The Morgan fingerprint density at radius 2 is 1.77 bits per heavy atom. The molecule has 4 aromatic rings. The molecule has 0 fully saturated rings. The first-order valence-electron chi connectivity index (χ1n) is 9.60. The third-order valence-electron chi connectivity index (χ3n) is 4.76. The zero-order valence-electron chi connectivity index (χ0n) is 16.9. The van der Waals surface area contributed by atoms with Crippen LogP contribution in [0.25, 0.3) is 10.8 Å². The van der Waals surface area contributed by atoms with Crippen LogP contribution in [-0.2, 0) is 12.4 Å². The molecule has 0 atom stereocenters. The number of benzene rings is 3. The minimum Gasteiger partial charge on any atom is -0.497 e. The van der Waals surface area contributed by atoms with E-state index in [-0.39, 0.29) is 18.0 Å². The second-order valence-electron chi connectivity index (χ2n) is 6.72. The minimum absolute atomic E-state index is 0.102. The van der Waals surface area contributed by atoms with E-state index in [1.165, 1.54) is 28.1 Å². The second-order valence-corrected chi connectivity index (χ2v) is 7.66. The first-order valence-corrected chi connectivity index (χ1v) is 10.6. The first-order chi connectivity index (χ1) is 15.2. The number of nitrogen functional groups attached to an aromatic ring is 1. The van der Waals surface area contributed by atoms with Gasteiger partial charge in [-0.3, -0.25) is 0 Å². The molecular weight excluding hydrogens is 408 g/mol.